The monoisotopic (exact) mass is 399 g/mol. The van der Waals surface area contributed by atoms with Crippen molar-refractivity contribution in [2.75, 3.05) is 30.3 Å². The quantitative estimate of drug-likeness (QED) is 0.686. The van der Waals surface area contributed by atoms with Gasteiger partial charge < -0.3 is 20.9 Å². The molecule has 1 aliphatic heterocycles. The first kappa shape index (κ1) is 20.2. The molecule has 9 heteroatoms. The van der Waals surface area contributed by atoms with Crippen LogP contribution in [0.5, 0.6) is 0 Å². The molecular formula is C20H22FN5O3. The Balaban J connectivity index is 1.38. The molecule has 3 N–H and O–H groups in total. The highest BCUT2D eigenvalue weighted by Gasteiger charge is 2.24. The zero-order valence-electron chi connectivity index (χ0n) is 15.7. The van der Waals surface area contributed by atoms with Crippen molar-refractivity contribution in [1.29, 1.82) is 0 Å². The topological polar surface area (TPSA) is 103 Å². The van der Waals surface area contributed by atoms with Crippen molar-refractivity contribution in [1.82, 2.24) is 15.2 Å². The molecule has 0 spiro atoms. The molecule has 1 saturated heterocycles. The molecule has 2 heterocycles. The number of aromatic nitrogens is 1. The number of nitrogens with one attached hydrogen (secondary N) is 3. The fourth-order valence-corrected chi connectivity index (χ4v) is 3.02. The lowest BCUT2D eigenvalue weighted by Gasteiger charge is -2.32. The van der Waals surface area contributed by atoms with Crippen molar-refractivity contribution in [2.24, 2.45) is 5.92 Å². The molecule has 0 bridgehead atoms. The van der Waals surface area contributed by atoms with E-state index in [0.29, 0.717) is 43.9 Å². The number of hydrogen-bond donors (Lipinski definition) is 3. The van der Waals surface area contributed by atoms with Crippen LogP contribution in [0.15, 0.2) is 48.8 Å². The van der Waals surface area contributed by atoms with Crippen LogP contribution >= 0.6 is 0 Å². The average Bonchev–Trinajstić information content (AvgIpc) is 2.74. The number of halogens is 1. The van der Waals surface area contributed by atoms with E-state index in [1.54, 1.807) is 23.2 Å². The Morgan fingerprint density at radius 1 is 1.00 bits per heavy atom. The molecule has 1 aromatic carbocycles. The van der Waals surface area contributed by atoms with Gasteiger partial charge in [0.25, 0.3) is 0 Å². The number of rotatable bonds is 4. The molecular weight excluding hydrogens is 377 g/mol. The van der Waals surface area contributed by atoms with Gasteiger partial charge in [0.15, 0.2) is 0 Å². The summed E-state index contributed by atoms with van der Waals surface area (Å²) < 4.78 is 12.9. The summed E-state index contributed by atoms with van der Waals surface area (Å²) in [6.07, 6.45) is 4.45. The highest BCUT2D eigenvalue weighted by atomic mass is 19.1. The van der Waals surface area contributed by atoms with Crippen molar-refractivity contribution in [2.45, 2.75) is 12.8 Å². The highest BCUT2D eigenvalue weighted by Crippen LogP contribution is 2.18. The summed E-state index contributed by atoms with van der Waals surface area (Å²) in [5.74, 6) is -1.63. The smallest absolute Gasteiger partial charge is 0.321 e. The molecule has 0 saturated carbocycles. The van der Waals surface area contributed by atoms with E-state index >= 15 is 0 Å². The van der Waals surface area contributed by atoms with Gasteiger partial charge in [-0.05, 0) is 55.2 Å². The number of nitrogens with zero attached hydrogens (tertiary/aromatic N) is 2. The molecule has 8 nitrogen and oxygen atoms in total. The highest BCUT2D eigenvalue weighted by molar-refractivity contribution is 6.39. The zero-order chi connectivity index (χ0) is 20.6. The van der Waals surface area contributed by atoms with Gasteiger partial charge in [-0.2, -0.15) is 0 Å². The maximum Gasteiger partial charge on any atom is 0.321 e. The minimum atomic E-state index is -0.742. The molecule has 0 unspecified atom stereocenters. The number of anilines is 2. The van der Waals surface area contributed by atoms with E-state index in [-0.39, 0.29) is 17.8 Å². The fraction of sp³-hybridized carbons (Fsp3) is 0.300. The Labute approximate surface area is 167 Å². The van der Waals surface area contributed by atoms with Gasteiger partial charge in [0, 0.05) is 31.5 Å². The number of carbonyl (C=O) groups is 3. The summed E-state index contributed by atoms with van der Waals surface area (Å²) in [6, 6.07) is 8.65. The fourth-order valence-electron chi connectivity index (χ4n) is 3.02. The molecule has 152 valence electrons. The molecule has 0 aliphatic carbocycles. The lowest BCUT2D eigenvalue weighted by molar-refractivity contribution is -0.136. The third-order valence-corrected chi connectivity index (χ3v) is 4.67. The molecule has 1 fully saturated rings. The molecule has 1 aromatic heterocycles. The predicted octanol–water partition coefficient (Wildman–Crippen LogP) is 2.22. The van der Waals surface area contributed by atoms with Crippen molar-refractivity contribution in [3.63, 3.8) is 0 Å². The van der Waals surface area contributed by atoms with Crippen LogP contribution in [0.2, 0.25) is 0 Å². The summed E-state index contributed by atoms with van der Waals surface area (Å²) in [5, 5.41) is 7.85. The standard InChI is InChI=1S/C20H22FN5O3/c21-15-3-5-16(6-4-15)25-20(29)26-10-7-14(8-11-26)12-23-18(27)19(28)24-17-2-1-9-22-13-17/h1-6,9,13-14H,7-8,10-12H2,(H,23,27)(H,24,28)(H,25,29). The van der Waals surface area contributed by atoms with Crippen molar-refractivity contribution >= 4 is 29.2 Å². The number of carbonyl (C=O) groups excluding carboxylic acids is 3. The van der Waals surface area contributed by atoms with Crippen molar-refractivity contribution in [3.05, 3.63) is 54.6 Å². The van der Waals surface area contributed by atoms with Gasteiger partial charge in [0.2, 0.25) is 0 Å². The second-order valence-corrected chi connectivity index (χ2v) is 6.77. The van der Waals surface area contributed by atoms with E-state index in [2.05, 4.69) is 20.9 Å². The third-order valence-electron chi connectivity index (χ3n) is 4.67. The minimum Gasteiger partial charge on any atom is -0.348 e. The van der Waals surface area contributed by atoms with Gasteiger partial charge in [-0.3, -0.25) is 14.6 Å². The van der Waals surface area contributed by atoms with Gasteiger partial charge in [-0.25, -0.2) is 9.18 Å². The molecule has 0 radical (unpaired) electrons. The summed E-state index contributed by atoms with van der Waals surface area (Å²) >= 11 is 0. The van der Waals surface area contributed by atoms with Gasteiger partial charge >= 0.3 is 17.8 Å². The van der Waals surface area contributed by atoms with Crippen LogP contribution in [0, 0.1) is 11.7 Å². The first-order valence-corrected chi connectivity index (χ1v) is 9.32. The number of urea groups is 1. The lowest BCUT2D eigenvalue weighted by atomic mass is 9.97. The molecule has 1 aliphatic rings. The number of amides is 4. The molecule has 3 rings (SSSR count). The second-order valence-electron chi connectivity index (χ2n) is 6.77. The Hall–Kier alpha value is -3.49. The largest absolute Gasteiger partial charge is 0.348 e. The van der Waals surface area contributed by atoms with Crippen LogP contribution in [0.25, 0.3) is 0 Å². The van der Waals surface area contributed by atoms with Gasteiger partial charge in [0.1, 0.15) is 5.82 Å². The Morgan fingerprint density at radius 3 is 2.38 bits per heavy atom. The lowest BCUT2D eigenvalue weighted by Crippen LogP contribution is -2.44. The summed E-state index contributed by atoms with van der Waals surface area (Å²) in [6.45, 7) is 1.44. The van der Waals surface area contributed by atoms with Crippen LogP contribution in [-0.4, -0.2) is 47.4 Å². The Kier molecular flexibility index (Phi) is 6.72. The summed E-state index contributed by atoms with van der Waals surface area (Å²) in [4.78, 5) is 41.7. The van der Waals surface area contributed by atoms with E-state index in [4.69, 9.17) is 0 Å². The Morgan fingerprint density at radius 2 is 1.72 bits per heavy atom. The predicted molar refractivity (Wildman–Crippen MR) is 106 cm³/mol. The van der Waals surface area contributed by atoms with Crippen LogP contribution in [0.1, 0.15) is 12.8 Å². The second kappa shape index (κ2) is 9.63. The minimum absolute atomic E-state index is 0.181. The number of piperidine rings is 1. The van der Waals surface area contributed by atoms with E-state index < -0.39 is 11.8 Å². The number of benzene rings is 1. The molecule has 29 heavy (non-hydrogen) atoms. The van der Waals surface area contributed by atoms with Crippen LogP contribution in [0.3, 0.4) is 0 Å². The van der Waals surface area contributed by atoms with Gasteiger partial charge in [0.05, 0.1) is 11.9 Å². The average molecular weight is 399 g/mol. The van der Waals surface area contributed by atoms with E-state index in [0.717, 1.165) is 0 Å². The van der Waals surface area contributed by atoms with Gasteiger partial charge in [-0.1, -0.05) is 0 Å². The van der Waals surface area contributed by atoms with Crippen LogP contribution < -0.4 is 16.0 Å². The zero-order valence-corrected chi connectivity index (χ0v) is 15.7. The maximum atomic E-state index is 12.9. The normalized spacial score (nSPS) is 14.2. The summed E-state index contributed by atoms with van der Waals surface area (Å²) in [7, 11) is 0. The first-order chi connectivity index (χ1) is 14.0. The molecule has 2 aromatic rings. The summed E-state index contributed by atoms with van der Waals surface area (Å²) in [5.41, 5.74) is 0.985. The van der Waals surface area contributed by atoms with Crippen molar-refractivity contribution in [3.8, 4) is 0 Å². The van der Waals surface area contributed by atoms with E-state index in [9.17, 15) is 18.8 Å². The molecule has 0 atom stereocenters. The molecule has 4 amide bonds. The van der Waals surface area contributed by atoms with E-state index in [1.165, 1.54) is 30.5 Å². The van der Waals surface area contributed by atoms with Crippen LogP contribution in [-0.2, 0) is 9.59 Å². The van der Waals surface area contributed by atoms with Crippen molar-refractivity contribution < 1.29 is 18.8 Å². The number of likely N-dealkylation sites (tertiary alicyclic amines) is 1. The maximum absolute atomic E-state index is 12.9. The number of pyridine rings is 1. The van der Waals surface area contributed by atoms with E-state index in [1.807, 2.05) is 0 Å². The SMILES string of the molecule is O=C(NCC1CCN(C(=O)Nc2ccc(F)cc2)CC1)C(=O)Nc1cccnc1. The van der Waals surface area contributed by atoms with Crippen LogP contribution in [0.4, 0.5) is 20.6 Å². The Bertz CT molecular complexity index is 852. The van der Waals surface area contributed by atoms with Gasteiger partial charge in [-0.15, -0.1) is 0 Å². The number of hydrogen-bond acceptors (Lipinski definition) is 4. The third kappa shape index (κ3) is 6.00. The first-order valence-electron chi connectivity index (χ1n) is 9.32.